The van der Waals surface area contributed by atoms with Gasteiger partial charge in [0, 0.05) is 56.3 Å². The highest BCUT2D eigenvalue weighted by Crippen LogP contribution is 2.42. The van der Waals surface area contributed by atoms with Gasteiger partial charge in [0.1, 0.15) is 0 Å². The van der Waals surface area contributed by atoms with Crippen LogP contribution in [0.3, 0.4) is 0 Å². The zero-order chi connectivity index (χ0) is 18.0. The van der Waals surface area contributed by atoms with Crippen molar-refractivity contribution in [3.8, 4) is 5.88 Å². The van der Waals surface area contributed by atoms with Crippen molar-refractivity contribution in [1.82, 2.24) is 19.7 Å². The van der Waals surface area contributed by atoms with Crippen LogP contribution >= 0.6 is 0 Å². The average Bonchev–Trinajstić information content (AvgIpc) is 3.23. The SMILES string of the molecule is CC(C)n1cc(CN2CC3(C2)OCC[C@H]3CCOc2ccccn2)cn1. The Balaban J connectivity index is 1.26. The van der Waals surface area contributed by atoms with Crippen LogP contribution in [0.25, 0.3) is 0 Å². The predicted molar refractivity (Wildman–Crippen MR) is 99.0 cm³/mol. The van der Waals surface area contributed by atoms with Crippen LogP contribution in [0.2, 0.25) is 0 Å². The molecule has 6 heteroatoms. The van der Waals surface area contributed by atoms with Gasteiger partial charge in [0.2, 0.25) is 5.88 Å². The lowest BCUT2D eigenvalue weighted by atomic mass is 9.79. The van der Waals surface area contributed by atoms with E-state index < -0.39 is 0 Å². The summed E-state index contributed by atoms with van der Waals surface area (Å²) in [6.45, 7) is 8.84. The molecule has 1 spiro atoms. The minimum Gasteiger partial charge on any atom is -0.478 e. The van der Waals surface area contributed by atoms with E-state index >= 15 is 0 Å². The van der Waals surface area contributed by atoms with Gasteiger partial charge in [0.25, 0.3) is 0 Å². The third-order valence-electron chi connectivity index (χ3n) is 5.53. The maximum atomic E-state index is 6.17. The molecule has 0 amide bonds. The second-order valence-corrected chi connectivity index (χ2v) is 7.77. The number of aromatic nitrogens is 3. The lowest BCUT2D eigenvalue weighted by molar-refractivity contribution is -0.138. The highest BCUT2D eigenvalue weighted by atomic mass is 16.5. The first-order valence-corrected chi connectivity index (χ1v) is 9.58. The van der Waals surface area contributed by atoms with E-state index in [4.69, 9.17) is 9.47 Å². The maximum Gasteiger partial charge on any atom is 0.213 e. The van der Waals surface area contributed by atoms with Gasteiger partial charge in [-0.3, -0.25) is 9.58 Å². The molecule has 2 aromatic heterocycles. The third-order valence-corrected chi connectivity index (χ3v) is 5.53. The quantitative estimate of drug-likeness (QED) is 0.763. The summed E-state index contributed by atoms with van der Waals surface area (Å²) in [6.07, 6.45) is 8.06. The molecule has 1 atom stereocenters. The van der Waals surface area contributed by atoms with Crippen molar-refractivity contribution in [3.05, 3.63) is 42.4 Å². The summed E-state index contributed by atoms with van der Waals surface area (Å²) in [6, 6.07) is 6.17. The van der Waals surface area contributed by atoms with Crippen molar-refractivity contribution in [3.63, 3.8) is 0 Å². The van der Waals surface area contributed by atoms with E-state index in [0.717, 1.165) is 39.1 Å². The lowest BCUT2D eigenvalue weighted by Crippen LogP contribution is -2.64. The molecule has 6 nitrogen and oxygen atoms in total. The molecule has 26 heavy (non-hydrogen) atoms. The molecule has 0 unspecified atom stereocenters. The summed E-state index contributed by atoms with van der Waals surface area (Å²) in [5, 5.41) is 4.44. The van der Waals surface area contributed by atoms with Crippen molar-refractivity contribution in [2.75, 3.05) is 26.3 Å². The molecule has 0 radical (unpaired) electrons. The summed E-state index contributed by atoms with van der Waals surface area (Å²) >= 11 is 0. The molecule has 4 rings (SSSR count). The molecular weight excluding hydrogens is 328 g/mol. The number of likely N-dealkylation sites (tertiary alicyclic amines) is 1. The van der Waals surface area contributed by atoms with Crippen molar-refractivity contribution < 1.29 is 9.47 Å². The Morgan fingerprint density at radius 1 is 1.35 bits per heavy atom. The zero-order valence-electron chi connectivity index (χ0n) is 15.7. The lowest BCUT2D eigenvalue weighted by Gasteiger charge is -2.50. The molecule has 2 aliphatic rings. The van der Waals surface area contributed by atoms with E-state index in [9.17, 15) is 0 Å². The molecule has 2 aromatic rings. The number of rotatable bonds is 7. The topological polar surface area (TPSA) is 52.4 Å². The van der Waals surface area contributed by atoms with Gasteiger partial charge >= 0.3 is 0 Å². The van der Waals surface area contributed by atoms with E-state index in [1.807, 2.05) is 29.1 Å². The Morgan fingerprint density at radius 3 is 2.96 bits per heavy atom. The van der Waals surface area contributed by atoms with E-state index in [1.54, 1.807) is 6.20 Å². The van der Waals surface area contributed by atoms with E-state index in [1.165, 1.54) is 5.56 Å². The second kappa shape index (κ2) is 7.37. The molecule has 140 valence electrons. The molecule has 4 heterocycles. The van der Waals surface area contributed by atoms with E-state index in [2.05, 4.69) is 35.0 Å². The summed E-state index contributed by atoms with van der Waals surface area (Å²) in [5.41, 5.74) is 1.31. The largest absolute Gasteiger partial charge is 0.478 e. The molecular formula is C20H28N4O2. The first-order chi connectivity index (χ1) is 12.6. The standard InChI is InChI=1S/C20H28N4O2/c1-16(2)24-13-17(11-22-24)12-23-14-20(15-23)18(7-10-26-20)6-9-25-19-5-3-4-8-21-19/h3-5,8,11,13,16,18H,6-7,9-10,12,14-15H2,1-2H3/t18-/m1/s1. The minimum absolute atomic E-state index is 0.0293. The van der Waals surface area contributed by atoms with Crippen molar-refractivity contribution in [2.45, 2.75) is 44.9 Å². The number of hydrogen-bond acceptors (Lipinski definition) is 5. The molecule has 2 fully saturated rings. The van der Waals surface area contributed by atoms with Gasteiger partial charge in [-0.2, -0.15) is 5.10 Å². The number of nitrogens with zero attached hydrogens (tertiary/aromatic N) is 4. The second-order valence-electron chi connectivity index (χ2n) is 7.77. The van der Waals surface area contributed by atoms with Gasteiger partial charge in [-0.1, -0.05) is 6.07 Å². The maximum absolute atomic E-state index is 6.17. The summed E-state index contributed by atoms with van der Waals surface area (Å²) in [7, 11) is 0. The van der Waals surface area contributed by atoms with Gasteiger partial charge in [-0.15, -0.1) is 0 Å². The Hall–Kier alpha value is -1.92. The monoisotopic (exact) mass is 356 g/mol. The van der Waals surface area contributed by atoms with Crippen LogP contribution in [-0.2, 0) is 11.3 Å². The van der Waals surface area contributed by atoms with Crippen molar-refractivity contribution >= 4 is 0 Å². The number of pyridine rings is 1. The van der Waals surface area contributed by atoms with Crippen LogP contribution in [0.5, 0.6) is 5.88 Å². The fraction of sp³-hybridized carbons (Fsp3) is 0.600. The van der Waals surface area contributed by atoms with Crippen molar-refractivity contribution in [2.24, 2.45) is 5.92 Å². The van der Waals surface area contributed by atoms with E-state index in [-0.39, 0.29) is 5.60 Å². The van der Waals surface area contributed by atoms with Gasteiger partial charge < -0.3 is 9.47 Å². The van der Waals surface area contributed by atoms with Gasteiger partial charge in [-0.05, 0) is 38.7 Å². The summed E-state index contributed by atoms with van der Waals surface area (Å²) < 4.78 is 14.0. The Bertz CT molecular complexity index is 710. The van der Waals surface area contributed by atoms with Gasteiger partial charge in [0.15, 0.2) is 0 Å². The zero-order valence-corrected chi connectivity index (χ0v) is 15.7. The van der Waals surface area contributed by atoms with Crippen LogP contribution in [0.1, 0.15) is 38.3 Å². The highest BCUT2D eigenvalue weighted by Gasteiger charge is 2.52. The normalized spacial score (nSPS) is 22.0. The van der Waals surface area contributed by atoms with Crippen LogP contribution in [-0.4, -0.2) is 51.6 Å². The molecule has 2 saturated heterocycles. The smallest absolute Gasteiger partial charge is 0.213 e. The van der Waals surface area contributed by atoms with Gasteiger partial charge in [0.05, 0.1) is 18.4 Å². The van der Waals surface area contributed by atoms with Crippen LogP contribution in [0.15, 0.2) is 36.8 Å². The number of ether oxygens (including phenoxy) is 2. The average molecular weight is 356 g/mol. The first kappa shape index (κ1) is 17.5. The summed E-state index contributed by atoms with van der Waals surface area (Å²) in [4.78, 5) is 6.67. The summed E-state index contributed by atoms with van der Waals surface area (Å²) in [5.74, 6) is 1.28. The number of hydrogen-bond donors (Lipinski definition) is 0. The molecule has 0 N–H and O–H groups in total. The van der Waals surface area contributed by atoms with Crippen molar-refractivity contribution in [1.29, 1.82) is 0 Å². The molecule has 0 aliphatic carbocycles. The Labute approximate surface area is 155 Å². The molecule has 2 aliphatic heterocycles. The molecule has 0 saturated carbocycles. The predicted octanol–water partition coefficient (Wildman–Crippen LogP) is 2.92. The van der Waals surface area contributed by atoms with Gasteiger partial charge in [-0.25, -0.2) is 4.98 Å². The van der Waals surface area contributed by atoms with Crippen LogP contribution < -0.4 is 4.74 Å². The van der Waals surface area contributed by atoms with Crippen LogP contribution in [0, 0.1) is 5.92 Å². The molecule has 0 bridgehead atoms. The fourth-order valence-corrected chi connectivity index (χ4v) is 4.10. The Kier molecular flexibility index (Phi) is 4.96. The molecule has 0 aromatic carbocycles. The third kappa shape index (κ3) is 3.62. The fourth-order valence-electron chi connectivity index (χ4n) is 4.10. The first-order valence-electron chi connectivity index (χ1n) is 9.58. The van der Waals surface area contributed by atoms with Crippen LogP contribution in [0.4, 0.5) is 0 Å². The van der Waals surface area contributed by atoms with E-state index in [0.29, 0.717) is 24.4 Å². The minimum atomic E-state index is 0.0293. The Morgan fingerprint density at radius 2 is 2.23 bits per heavy atom. The highest BCUT2D eigenvalue weighted by molar-refractivity contribution is 5.11.